The minimum absolute atomic E-state index is 0.106. The summed E-state index contributed by atoms with van der Waals surface area (Å²) in [7, 11) is 0. The van der Waals surface area contributed by atoms with E-state index >= 15 is 0 Å². The van der Waals surface area contributed by atoms with Crippen LogP contribution in [0.5, 0.6) is 0 Å². The monoisotopic (exact) mass is 497 g/mol. The Bertz CT molecular complexity index is 1290. The Hall–Kier alpha value is -3.35. The van der Waals surface area contributed by atoms with E-state index < -0.39 is 0 Å². The number of hydrogen-bond acceptors (Lipinski definition) is 5. The number of piperazine rings is 1. The lowest BCUT2D eigenvalue weighted by atomic mass is 9.88. The minimum Gasteiger partial charge on any atom is -0.459 e. The number of nitrogens with zero attached hydrogens (tertiary/aromatic N) is 2. The molecule has 1 aliphatic heterocycles. The molecule has 1 N–H and O–H groups in total. The van der Waals surface area contributed by atoms with Crippen LogP contribution >= 0.6 is 11.3 Å². The molecule has 1 unspecified atom stereocenters. The summed E-state index contributed by atoms with van der Waals surface area (Å²) in [5.41, 5.74) is 5.30. The zero-order valence-corrected chi connectivity index (χ0v) is 21.2. The van der Waals surface area contributed by atoms with Crippen molar-refractivity contribution in [2.45, 2.75) is 31.7 Å². The van der Waals surface area contributed by atoms with E-state index in [1.807, 2.05) is 0 Å². The molecule has 4 aromatic rings. The molecule has 184 valence electrons. The summed E-state index contributed by atoms with van der Waals surface area (Å²) in [6.07, 6.45) is 6.13. The first-order valence-electron chi connectivity index (χ1n) is 12.9. The van der Waals surface area contributed by atoms with Gasteiger partial charge in [-0.15, -0.1) is 11.3 Å². The van der Waals surface area contributed by atoms with Crippen molar-refractivity contribution in [1.29, 1.82) is 0 Å². The molecule has 0 saturated carbocycles. The molecule has 1 fully saturated rings. The zero-order chi connectivity index (χ0) is 24.3. The van der Waals surface area contributed by atoms with E-state index in [9.17, 15) is 4.79 Å². The highest BCUT2D eigenvalue weighted by molar-refractivity contribution is 7.16. The maximum Gasteiger partial charge on any atom is 0.291 e. The highest BCUT2D eigenvalue weighted by Crippen LogP contribution is 2.45. The smallest absolute Gasteiger partial charge is 0.291 e. The maximum atomic E-state index is 13.1. The average Bonchev–Trinajstić information content (AvgIpc) is 3.60. The number of para-hydroxylation sites is 1. The molecule has 6 rings (SSSR count). The summed E-state index contributed by atoms with van der Waals surface area (Å²) in [6, 6.07) is 25.1. The Morgan fingerprint density at radius 1 is 0.861 bits per heavy atom. The van der Waals surface area contributed by atoms with E-state index in [1.165, 1.54) is 40.1 Å². The van der Waals surface area contributed by atoms with E-state index in [-0.39, 0.29) is 11.9 Å². The number of nitrogens with one attached hydrogen (secondary N) is 1. The molecule has 0 spiro atoms. The normalized spacial score (nSPS) is 16.9. The molecule has 2 aromatic carbocycles. The van der Waals surface area contributed by atoms with Gasteiger partial charge in [0.1, 0.15) is 5.00 Å². The van der Waals surface area contributed by atoms with Crippen molar-refractivity contribution in [3.63, 3.8) is 0 Å². The standard InChI is InChI=1S/C30H31N3O2S/c34-29(25-15-9-21-35-25)31-30-27(24-14-7-8-16-26(24)36-30)28(22-10-3-1-4-11-22)33-19-17-32(18-20-33)23-12-5-2-6-13-23/h1-6,9-13,15,21,28H,7-8,14,16-20H2,(H,31,34). The molecule has 3 heterocycles. The Labute approximate surface area is 216 Å². The number of thiophene rings is 1. The van der Waals surface area contributed by atoms with E-state index in [2.05, 4.69) is 75.8 Å². The lowest BCUT2D eigenvalue weighted by Crippen LogP contribution is -2.48. The molecule has 2 aliphatic rings. The number of benzene rings is 2. The summed E-state index contributed by atoms with van der Waals surface area (Å²) >= 11 is 1.76. The molecule has 6 heteroatoms. The van der Waals surface area contributed by atoms with E-state index in [4.69, 9.17) is 4.42 Å². The number of rotatable bonds is 6. The fourth-order valence-electron chi connectivity index (χ4n) is 5.62. The van der Waals surface area contributed by atoms with Crippen molar-refractivity contribution >= 4 is 27.9 Å². The number of amides is 1. The van der Waals surface area contributed by atoms with Crippen LogP contribution in [-0.4, -0.2) is 37.0 Å². The van der Waals surface area contributed by atoms with Crippen LogP contribution in [0.4, 0.5) is 10.7 Å². The molecular formula is C30H31N3O2S. The molecule has 1 aliphatic carbocycles. The predicted molar refractivity (Wildman–Crippen MR) is 146 cm³/mol. The SMILES string of the molecule is O=C(Nc1sc2c(c1C(c1ccccc1)N1CCN(c3ccccc3)CC1)CCCC2)c1ccco1. The minimum atomic E-state index is -0.180. The summed E-state index contributed by atoms with van der Waals surface area (Å²) in [6.45, 7) is 3.89. The number of hydrogen-bond donors (Lipinski definition) is 1. The molecular weight excluding hydrogens is 466 g/mol. The van der Waals surface area contributed by atoms with Gasteiger partial charge in [0, 0.05) is 42.3 Å². The van der Waals surface area contributed by atoms with Crippen molar-refractivity contribution < 1.29 is 9.21 Å². The molecule has 0 bridgehead atoms. The number of carbonyl (C=O) groups excluding carboxylic acids is 1. The summed E-state index contributed by atoms with van der Waals surface area (Å²) in [5, 5.41) is 4.22. The number of carbonyl (C=O) groups is 1. The number of anilines is 2. The molecule has 1 atom stereocenters. The van der Waals surface area contributed by atoms with Gasteiger partial charge in [0.25, 0.3) is 5.91 Å². The highest BCUT2D eigenvalue weighted by atomic mass is 32.1. The fraction of sp³-hybridized carbons (Fsp3) is 0.300. The van der Waals surface area contributed by atoms with Crippen molar-refractivity contribution in [2.75, 3.05) is 36.4 Å². The first-order valence-corrected chi connectivity index (χ1v) is 13.7. The number of furan rings is 1. The van der Waals surface area contributed by atoms with Crippen molar-refractivity contribution in [3.8, 4) is 0 Å². The van der Waals surface area contributed by atoms with Crippen molar-refractivity contribution in [2.24, 2.45) is 0 Å². The first-order chi connectivity index (χ1) is 17.8. The van der Waals surface area contributed by atoms with Crippen LogP contribution in [0.3, 0.4) is 0 Å². The summed E-state index contributed by atoms with van der Waals surface area (Å²) < 4.78 is 5.40. The summed E-state index contributed by atoms with van der Waals surface area (Å²) in [4.78, 5) is 19.6. The average molecular weight is 498 g/mol. The van der Waals surface area contributed by atoms with Gasteiger partial charge in [0.2, 0.25) is 0 Å². The Balaban J connectivity index is 1.36. The van der Waals surface area contributed by atoms with Gasteiger partial charge in [-0.3, -0.25) is 9.69 Å². The van der Waals surface area contributed by atoms with Gasteiger partial charge in [-0.2, -0.15) is 0 Å². The zero-order valence-electron chi connectivity index (χ0n) is 20.4. The van der Waals surface area contributed by atoms with Crippen molar-refractivity contribution in [1.82, 2.24) is 4.90 Å². The Kier molecular flexibility index (Phi) is 6.62. The van der Waals surface area contributed by atoms with Gasteiger partial charge < -0.3 is 14.6 Å². The molecule has 2 aromatic heterocycles. The van der Waals surface area contributed by atoms with Crippen LogP contribution in [0.2, 0.25) is 0 Å². The van der Waals surface area contributed by atoms with Crippen LogP contribution in [0.1, 0.15) is 51.0 Å². The molecule has 1 amide bonds. The molecule has 36 heavy (non-hydrogen) atoms. The topological polar surface area (TPSA) is 48.7 Å². The lowest BCUT2D eigenvalue weighted by molar-refractivity contribution is 0.0996. The third kappa shape index (κ3) is 4.59. The second-order valence-electron chi connectivity index (χ2n) is 9.56. The molecule has 0 radical (unpaired) electrons. The fourth-order valence-corrected chi connectivity index (χ4v) is 6.93. The third-order valence-corrected chi connectivity index (χ3v) is 8.60. The van der Waals surface area contributed by atoms with E-state index in [0.717, 1.165) is 44.0 Å². The lowest BCUT2D eigenvalue weighted by Gasteiger charge is -2.41. The molecule has 5 nitrogen and oxygen atoms in total. The van der Waals surface area contributed by atoms with Gasteiger partial charge >= 0.3 is 0 Å². The third-order valence-electron chi connectivity index (χ3n) is 7.37. The first kappa shape index (κ1) is 23.1. The Morgan fingerprint density at radius 3 is 2.31 bits per heavy atom. The van der Waals surface area contributed by atoms with Crippen molar-refractivity contribution in [3.05, 3.63) is 106 Å². The van der Waals surface area contributed by atoms with E-state index in [0.29, 0.717) is 5.76 Å². The molecule has 1 saturated heterocycles. The summed E-state index contributed by atoms with van der Waals surface area (Å²) in [5.74, 6) is 0.167. The van der Waals surface area contributed by atoms with Crippen LogP contribution in [0.15, 0.2) is 83.5 Å². The van der Waals surface area contributed by atoms with Gasteiger partial charge in [0.05, 0.1) is 12.3 Å². The van der Waals surface area contributed by atoms with Gasteiger partial charge in [-0.25, -0.2) is 0 Å². The van der Waals surface area contributed by atoms with Crippen LogP contribution in [0, 0.1) is 0 Å². The van der Waals surface area contributed by atoms with Crippen LogP contribution in [0.25, 0.3) is 0 Å². The van der Waals surface area contributed by atoms with Crippen LogP contribution in [-0.2, 0) is 12.8 Å². The van der Waals surface area contributed by atoms with E-state index in [1.54, 1.807) is 29.7 Å². The number of fused-ring (bicyclic) bond motifs is 1. The van der Waals surface area contributed by atoms with Crippen LogP contribution < -0.4 is 10.2 Å². The highest BCUT2D eigenvalue weighted by Gasteiger charge is 2.34. The largest absolute Gasteiger partial charge is 0.459 e. The maximum absolute atomic E-state index is 13.1. The second kappa shape index (κ2) is 10.3. The van der Waals surface area contributed by atoms with Gasteiger partial charge in [-0.05, 0) is 61.1 Å². The van der Waals surface area contributed by atoms with Gasteiger partial charge in [0.15, 0.2) is 5.76 Å². The quantitative estimate of drug-likeness (QED) is 0.336. The Morgan fingerprint density at radius 2 is 1.58 bits per heavy atom. The predicted octanol–water partition coefficient (Wildman–Crippen LogP) is 6.38. The van der Waals surface area contributed by atoms with Gasteiger partial charge in [-0.1, -0.05) is 48.5 Å². The second-order valence-corrected chi connectivity index (χ2v) is 10.7. The number of aryl methyl sites for hydroxylation is 1.